The molecule has 6 heteroatoms. The van der Waals surface area contributed by atoms with E-state index in [-0.39, 0.29) is 0 Å². The van der Waals surface area contributed by atoms with Gasteiger partial charge in [0.1, 0.15) is 10.6 Å². The molecule has 0 amide bonds. The van der Waals surface area contributed by atoms with Crippen LogP contribution in [0.5, 0.6) is 0 Å². The van der Waals surface area contributed by atoms with Crippen LogP contribution in [0.2, 0.25) is 0 Å². The number of fused-ring (bicyclic) bond motifs is 1. The number of anilines is 2. The minimum absolute atomic E-state index is 0.701. The van der Waals surface area contributed by atoms with Crippen LogP contribution in [0.25, 0.3) is 10.2 Å². The summed E-state index contributed by atoms with van der Waals surface area (Å²) in [5.74, 6) is 1.70. The molecule has 110 valence electrons. The van der Waals surface area contributed by atoms with Gasteiger partial charge in [0.25, 0.3) is 0 Å². The molecule has 20 heavy (non-hydrogen) atoms. The van der Waals surface area contributed by atoms with E-state index in [1.54, 1.807) is 11.3 Å². The van der Waals surface area contributed by atoms with E-state index in [9.17, 15) is 0 Å². The van der Waals surface area contributed by atoms with E-state index < -0.39 is 0 Å². The number of ether oxygens (including phenoxy) is 1. The zero-order valence-corrected chi connectivity index (χ0v) is 13.2. The van der Waals surface area contributed by atoms with Crippen molar-refractivity contribution in [3.05, 3.63) is 11.4 Å². The Morgan fingerprint density at radius 3 is 2.85 bits per heavy atom. The van der Waals surface area contributed by atoms with Gasteiger partial charge in [-0.15, -0.1) is 11.3 Å². The van der Waals surface area contributed by atoms with Crippen LogP contribution < -0.4 is 10.2 Å². The van der Waals surface area contributed by atoms with Crippen LogP contribution in [0.3, 0.4) is 0 Å². The summed E-state index contributed by atoms with van der Waals surface area (Å²) in [5, 5.41) is 6.39. The molecule has 0 aliphatic heterocycles. The van der Waals surface area contributed by atoms with Crippen LogP contribution in [0.4, 0.5) is 11.8 Å². The lowest BCUT2D eigenvalue weighted by Crippen LogP contribution is -2.28. The number of likely N-dealkylation sites (N-methyl/N-ethyl adjacent to an activating group) is 1. The standard InChI is InChI=1S/C14H22N4OS/c1-4-15-14-16-12(11-7-10-20-13(11)17-14)18(5-2)8-9-19-6-3/h7,10H,4-6,8-9H2,1-3H3,(H,15,16,17). The second kappa shape index (κ2) is 7.40. The highest BCUT2D eigenvalue weighted by atomic mass is 32.1. The molecular weight excluding hydrogens is 272 g/mol. The molecule has 0 aliphatic rings. The molecule has 0 radical (unpaired) electrons. The number of thiophene rings is 1. The zero-order valence-electron chi connectivity index (χ0n) is 12.3. The van der Waals surface area contributed by atoms with Gasteiger partial charge in [0, 0.05) is 26.2 Å². The lowest BCUT2D eigenvalue weighted by atomic mass is 10.3. The molecule has 2 aromatic rings. The molecular formula is C14H22N4OS. The Hall–Kier alpha value is -1.40. The number of nitrogens with one attached hydrogen (secondary N) is 1. The largest absolute Gasteiger partial charge is 0.380 e. The van der Waals surface area contributed by atoms with Crippen molar-refractivity contribution < 1.29 is 4.74 Å². The number of rotatable bonds is 8. The van der Waals surface area contributed by atoms with E-state index in [0.29, 0.717) is 5.95 Å². The molecule has 2 aromatic heterocycles. The quantitative estimate of drug-likeness (QED) is 0.759. The highest BCUT2D eigenvalue weighted by Gasteiger charge is 2.14. The van der Waals surface area contributed by atoms with E-state index in [4.69, 9.17) is 4.74 Å². The summed E-state index contributed by atoms with van der Waals surface area (Å²) in [7, 11) is 0. The average Bonchev–Trinajstić information content (AvgIpc) is 2.92. The van der Waals surface area contributed by atoms with Gasteiger partial charge >= 0.3 is 0 Å². The molecule has 2 heterocycles. The molecule has 0 spiro atoms. The fourth-order valence-electron chi connectivity index (χ4n) is 2.05. The fourth-order valence-corrected chi connectivity index (χ4v) is 2.81. The predicted molar refractivity (Wildman–Crippen MR) is 86.0 cm³/mol. The Labute approximate surface area is 124 Å². The molecule has 0 aliphatic carbocycles. The van der Waals surface area contributed by atoms with E-state index in [2.05, 4.69) is 38.6 Å². The number of hydrogen-bond donors (Lipinski definition) is 1. The highest BCUT2D eigenvalue weighted by Crippen LogP contribution is 2.28. The van der Waals surface area contributed by atoms with Crippen LogP contribution in [0, 0.1) is 0 Å². The summed E-state index contributed by atoms with van der Waals surface area (Å²) in [5.41, 5.74) is 0. The van der Waals surface area contributed by atoms with Crippen molar-refractivity contribution >= 4 is 33.3 Å². The molecule has 0 fully saturated rings. The third-order valence-corrected chi connectivity index (χ3v) is 3.84. The molecule has 5 nitrogen and oxygen atoms in total. The van der Waals surface area contributed by atoms with Crippen LogP contribution in [0.1, 0.15) is 20.8 Å². The van der Waals surface area contributed by atoms with Crippen LogP contribution in [-0.4, -0.2) is 42.8 Å². The Morgan fingerprint density at radius 1 is 1.30 bits per heavy atom. The molecule has 2 rings (SSSR count). The maximum Gasteiger partial charge on any atom is 0.226 e. The Bertz CT molecular complexity index is 543. The first kappa shape index (κ1) is 15.0. The predicted octanol–water partition coefficient (Wildman–Crippen LogP) is 2.99. The van der Waals surface area contributed by atoms with Crippen molar-refractivity contribution in [1.29, 1.82) is 0 Å². The molecule has 1 N–H and O–H groups in total. The van der Waals surface area contributed by atoms with Gasteiger partial charge in [-0.1, -0.05) is 0 Å². The maximum atomic E-state index is 5.46. The number of aromatic nitrogens is 2. The first-order valence-electron chi connectivity index (χ1n) is 7.11. The number of nitrogens with zero attached hydrogens (tertiary/aromatic N) is 3. The van der Waals surface area contributed by atoms with Crippen molar-refractivity contribution in [3.63, 3.8) is 0 Å². The molecule has 0 bridgehead atoms. The van der Waals surface area contributed by atoms with Crippen molar-refractivity contribution in [3.8, 4) is 0 Å². The van der Waals surface area contributed by atoms with Crippen molar-refractivity contribution in [1.82, 2.24) is 9.97 Å². The lowest BCUT2D eigenvalue weighted by molar-refractivity contribution is 0.154. The van der Waals surface area contributed by atoms with E-state index >= 15 is 0 Å². The summed E-state index contributed by atoms with van der Waals surface area (Å²) < 4.78 is 5.46. The first-order chi connectivity index (χ1) is 9.80. The normalized spacial score (nSPS) is 10.9. The fraction of sp³-hybridized carbons (Fsp3) is 0.571. The Balaban J connectivity index is 2.31. The second-order valence-corrected chi connectivity index (χ2v) is 5.21. The topological polar surface area (TPSA) is 50.3 Å². The molecule has 0 unspecified atom stereocenters. The summed E-state index contributed by atoms with van der Waals surface area (Å²) >= 11 is 1.65. The van der Waals surface area contributed by atoms with Crippen LogP contribution in [-0.2, 0) is 4.74 Å². The van der Waals surface area contributed by atoms with E-state index in [0.717, 1.165) is 48.9 Å². The summed E-state index contributed by atoms with van der Waals surface area (Å²) in [6.45, 7) is 10.2. The Kier molecular flexibility index (Phi) is 5.55. The van der Waals surface area contributed by atoms with Crippen LogP contribution >= 0.6 is 11.3 Å². The monoisotopic (exact) mass is 294 g/mol. The third-order valence-electron chi connectivity index (χ3n) is 3.03. The van der Waals surface area contributed by atoms with Crippen molar-refractivity contribution in [2.45, 2.75) is 20.8 Å². The van der Waals surface area contributed by atoms with Gasteiger partial charge in [-0.3, -0.25) is 0 Å². The van der Waals surface area contributed by atoms with Gasteiger partial charge in [0.2, 0.25) is 5.95 Å². The third kappa shape index (κ3) is 3.37. The maximum absolute atomic E-state index is 5.46. The van der Waals surface area contributed by atoms with Crippen LogP contribution in [0.15, 0.2) is 11.4 Å². The van der Waals surface area contributed by atoms with Gasteiger partial charge < -0.3 is 15.0 Å². The van der Waals surface area contributed by atoms with Gasteiger partial charge in [-0.05, 0) is 32.2 Å². The summed E-state index contributed by atoms with van der Waals surface area (Å²) in [6.07, 6.45) is 0. The number of hydrogen-bond acceptors (Lipinski definition) is 6. The van der Waals surface area contributed by atoms with Crippen molar-refractivity contribution in [2.75, 3.05) is 43.1 Å². The smallest absolute Gasteiger partial charge is 0.226 e. The second-order valence-electron chi connectivity index (χ2n) is 4.32. The first-order valence-corrected chi connectivity index (χ1v) is 7.99. The minimum atomic E-state index is 0.701. The summed E-state index contributed by atoms with van der Waals surface area (Å²) in [6, 6.07) is 2.09. The highest BCUT2D eigenvalue weighted by molar-refractivity contribution is 7.16. The zero-order chi connectivity index (χ0) is 14.4. The molecule has 0 saturated carbocycles. The summed E-state index contributed by atoms with van der Waals surface area (Å²) in [4.78, 5) is 12.5. The van der Waals surface area contributed by atoms with Gasteiger partial charge in [-0.25, -0.2) is 4.98 Å². The van der Waals surface area contributed by atoms with E-state index in [1.807, 2.05) is 13.8 Å². The SMILES string of the molecule is CCNc1nc(N(CC)CCOCC)c2ccsc2n1. The van der Waals surface area contributed by atoms with E-state index in [1.165, 1.54) is 0 Å². The molecule has 0 aromatic carbocycles. The molecule has 0 atom stereocenters. The van der Waals surface area contributed by atoms with Gasteiger partial charge in [0.15, 0.2) is 0 Å². The average molecular weight is 294 g/mol. The van der Waals surface area contributed by atoms with Gasteiger partial charge in [-0.2, -0.15) is 4.98 Å². The van der Waals surface area contributed by atoms with Crippen molar-refractivity contribution in [2.24, 2.45) is 0 Å². The molecule has 0 saturated heterocycles. The minimum Gasteiger partial charge on any atom is -0.380 e. The lowest BCUT2D eigenvalue weighted by Gasteiger charge is -2.23. The van der Waals surface area contributed by atoms with Gasteiger partial charge in [0.05, 0.1) is 12.0 Å². The Morgan fingerprint density at radius 2 is 2.15 bits per heavy atom.